The standard InChI is InChI=1S/C55H43N/c1-53(2)44-22-10-8-19-41(44)42-34-33-39(35-51(42)53)56(37-17-6-5-7-18-37)38-31-29-36(30-32-38)40-21-16-28-50-52(40)43-20-9-11-23-45(43)55(50)48-26-14-12-24-46(48)54(3,4)47-25-13-15-27-49(47)55/h5-35H,1-4H3. The number of anilines is 3. The van der Waals surface area contributed by atoms with Crippen LogP contribution < -0.4 is 4.90 Å². The highest BCUT2D eigenvalue weighted by molar-refractivity contribution is 5.97. The van der Waals surface area contributed by atoms with Gasteiger partial charge < -0.3 is 4.90 Å². The van der Waals surface area contributed by atoms with Gasteiger partial charge in [-0.2, -0.15) is 0 Å². The highest BCUT2D eigenvalue weighted by Crippen LogP contribution is 2.63. The first kappa shape index (κ1) is 32.9. The molecule has 0 atom stereocenters. The van der Waals surface area contributed by atoms with Gasteiger partial charge in [0.2, 0.25) is 0 Å². The van der Waals surface area contributed by atoms with Crippen molar-refractivity contribution in [3.63, 3.8) is 0 Å². The molecule has 0 radical (unpaired) electrons. The van der Waals surface area contributed by atoms with E-state index in [0.29, 0.717) is 0 Å². The van der Waals surface area contributed by atoms with Crippen molar-refractivity contribution in [3.05, 3.63) is 233 Å². The Labute approximate surface area is 330 Å². The van der Waals surface area contributed by atoms with E-state index in [-0.39, 0.29) is 10.8 Å². The minimum Gasteiger partial charge on any atom is -0.310 e. The highest BCUT2D eigenvalue weighted by atomic mass is 15.1. The third-order valence-corrected chi connectivity index (χ3v) is 13.4. The lowest BCUT2D eigenvalue weighted by molar-refractivity contribution is 0.563. The molecule has 8 aromatic rings. The topological polar surface area (TPSA) is 3.24 Å². The molecule has 11 rings (SSSR count). The monoisotopic (exact) mass is 717 g/mol. The fourth-order valence-electron chi connectivity index (χ4n) is 10.8. The summed E-state index contributed by atoms with van der Waals surface area (Å²) >= 11 is 0. The van der Waals surface area contributed by atoms with E-state index in [1.54, 1.807) is 0 Å². The maximum absolute atomic E-state index is 2.41. The molecule has 268 valence electrons. The summed E-state index contributed by atoms with van der Waals surface area (Å²) in [6.07, 6.45) is 0. The molecule has 0 saturated heterocycles. The van der Waals surface area contributed by atoms with E-state index < -0.39 is 5.41 Å². The summed E-state index contributed by atoms with van der Waals surface area (Å²) in [5, 5.41) is 0. The van der Waals surface area contributed by atoms with E-state index in [4.69, 9.17) is 0 Å². The van der Waals surface area contributed by atoms with Crippen LogP contribution in [0.4, 0.5) is 17.1 Å². The lowest BCUT2D eigenvalue weighted by atomic mass is 9.55. The number of fused-ring (bicyclic) bond motifs is 12. The molecule has 0 aliphatic heterocycles. The first-order valence-electron chi connectivity index (χ1n) is 19.9. The SMILES string of the molecule is CC1(C)c2ccccc2-c2ccc(N(c3ccccc3)c3ccc(-c4cccc5c4-c4ccccc4C54c5ccccc5C(C)(C)c5ccccc54)cc3)cc21. The molecule has 0 amide bonds. The Morgan fingerprint density at radius 1 is 0.304 bits per heavy atom. The van der Waals surface area contributed by atoms with Gasteiger partial charge in [0.05, 0.1) is 5.41 Å². The number of hydrogen-bond acceptors (Lipinski definition) is 1. The second kappa shape index (κ2) is 11.8. The minimum atomic E-state index is -0.407. The Morgan fingerprint density at radius 3 is 1.45 bits per heavy atom. The van der Waals surface area contributed by atoms with Gasteiger partial charge in [0.1, 0.15) is 0 Å². The Hall–Kier alpha value is -6.44. The Balaban J connectivity index is 1.07. The normalized spacial score (nSPS) is 15.6. The van der Waals surface area contributed by atoms with Crippen molar-refractivity contribution in [1.29, 1.82) is 0 Å². The van der Waals surface area contributed by atoms with Crippen LogP contribution in [-0.4, -0.2) is 0 Å². The molecule has 0 unspecified atom stereocenters. The summed E-state index contributed by atoms with van der Waals surface area (Å²) in [7, 11) is 0. The molecule has 0 aromatic heterocycles. The smallest absolute Gasteiger partial charge is 0.0719 e. The van der Waals surface area contributed by atoms with E-state index in [1.807, 2.05) is 0 Å². The summed E-state index contributed by atoms with van der Waals surface area (Å²) in [5.41, 5.74) is 21.7. The van der Waals surface area contributed by atoms with Crippen molar-refractivity contribution in [2.24, 2.45) is 0 Å². The third kappa shape index (κ3) is 4.32. The van der Waals surface area contributed by atoms with Crippen LogP contribution >= 0.6 is 0 Å². The predicted octanol–water partition coefficient (Wildman–Crippen LogP) is 14.1. The van der Waals surface area contributed by atoms with Gasteiger partial charge in [-0.25, -0.2) is 0 Å². The molecule has 8 aromatic carbocycles. The number of rotatable bonds is 4. The van der Waals surface area contributed by atoms with Gasteiger partial charge in [0.25, 0.3) is 0 Å². The van der Waals surface area contributed by atoms with Gasteiger partial charge in [0.15, 0.2) is 0 Å². The lowest BCUT2D eigenvalue weighted by Gasteiger charge is -2.46. The summed E-state index contributed by atoms with van der Waals surface area (Å²) in [6.45, 7) is 9.49. The largest absolute Gasteiger partial charge is 0.310 e. The van der Waals surface area contributed by atoms with E-state index in [1.165, 1.54) is 77.9 Å². The zero-order chi connectivity index (χ0) is 37.8. The molecule has 3 aliphatic carbocycles. The summed E-state index contributed by atoms with van der Waals surface area (Å²) < 4.78 is 0. The zero-order valence-electron chi connectivity index (χ0n) is 32.3. The second-order valence-electron chi connectivity index (χ2n) is 16.9. The van der Waals surface area contributed by atoms with Crippen molar-refractivity contribution in [3.8, 4) is 33.4 Å². The minimum absolute atomic E-state index is 0.0788. The van der Waals surface area contributed by atoms with Crippen molar-refractivity contribution in [2.45, 2.75) is 43.9 Å². The van der Waals surface area contributed by atoms with Gasteiger partial charge in [-0.15, -0.1) is 0 Å². The fraction of sp³-hybridized carbons (Fsp3) is 0.127. The van der Waals surface area contributed by atoms with Crippen molar-refractivity contribution in [1.82, 2.24) is 0 Å². The molecule has 0 heterocycles. The van der Waals surface area contributed by atoms with E-state index in [0.717, 1.165) is 17.1 Å². The van der Waals surface area contributed by atoms with Crippen LogP contribution in [0.15, 0.2) is 188 Å². The quantitative estimate of drug-likeness (QED) is 0.175. The van der Waals surface area contributed by atoms with Gasteiger partial charge in [-0.3, -0.25) is 0 Å². The Kier molecular flexibility index (Phi) is 6.93. The van der Waals surface area contributed by atoms with Crippen molar-refractivity contribution in [2.75, 3.05) is 4.90 Å². The Morgan fingerprint density at radius 2 is 0.768 bits per heavy atom. The maximum atomic E-state index is 2.41. The summed E-state index contributed by atoms with van der Waals surface area (Å²) in [6, 6.07) is 70.5. The lowest BCUT2D eigenvalue weighted by Crippen LogP contribution is -2.40. The van der Waals surface area contributed by atoms with Crippen LogP contribution in [-0.2, 0) is 16.2 Å². The number of hydrogen-bond donors (Lipinski definition) is 0. The molecular weight excluding hydrogens is 675 g/mol. The van der Waals surface area contributed by atoms with Crippen LogP contribution in [0.1, 0.15) is 72.2 Å². The van der Waals surface area contributed by atoms with Gasteiger partial charge in [-0.05, 0) is 114 Å². The second-order valence-corrected chi connectivity index (χ2v) is 16.9. The molecule has 0 saturated carbocycles. The van der Waals surface area contributed by atoms with Crippen LogP contribution in [0.3, 0.4) is 0 Å². The third-order valence-electron chi connectivity index (χ3n) is 13.4. The molecule has 3 aliphatic rings. The molecule has 0 N–H and O–H groups in total. The number of benzene rings is 8. The van der Waals surface area contributed by atoms with Crippen molar-refractivity contribution < 1.29 is 0 Å². The van der Waals surface area contributed by atoms with Gasteiger partial charge in [0, 0.05) is 27.9 Å². The van der Waals surface area contributed by atoms with Crippen LogP contribution in [0.25, 0.3) is 33.4 Å². The number of nitrogens with zero attached hydrogens (tertiary/aromatic N) is 1. The first-order valence-corrected chi connectivity index (χ1v) is 19.9. The Bertz CT molecular complexity index is 2810. The summed E-state index contributed by atoms with van der Waals surface area (Å²) in [5.74, 6) is 0. The van der Waals surface area contributed by atoms with Crippen LogP contribution in [0.2, 0.25) is 0 Å². The molecule has 0 bridgehead atoms. The molecule has 56 heavy (non-hydrogen) atoms. The highest BCUT2D eigenvalue weighted by Gasteiger charge is 2.53. The molecule has 1 nitrogen and oxygen atoms in total. The zero-order valence-corrected chi connectivity index (χ0v) is 32.3. The molecule has 0 fully saturated rings. The van der Waals surface area contributed by atoms with E-state index in [2.05, 4.69) is 221 Å². The molecule has 1 heteroatoms. The average Bonchev–Trinajstić information content (AvgIpc) is 3.67. The van der Waals surface area contributed by atoms with Crippen molar-refractivity contribution >= 4 is 17.1 Å². The van der Waals surface area contributed by atoms with Gasteiger partial charge in [-0.1, -0.05) is 179 Å². The first-order chi connectivity index (χ1) is 27.3. The average molecular weight is 718 g/mol. The van der Waals surface area contributed by atoms with E-state index >= 15 is 0 Å². The predicted molar refractivity (Wildman–Crippen MR) is 234 cm³/mol. The molecular formula is C55H43N. The number of para-hydroxylation sites is 1. The van der Waals surface area contributed by atoms with Gasteiger partial charge >= 0.3 is 0 Å². The van der Waals surface area contributed by atoms with E-state index in [9.17, 15) is 0 Å². The summed E-state index contributed by atoms with van der Waals surface area (Å²) in [4.78, 5) is 2.40. The fourth-order valence-corrected chi connectivity index (χ4v) is 10.8. The molecule has 1 spiro atoms. The van der Waals surface area contributed by atoms with Crippen LogP contribution in [0, 0.1) is 0 Å². The maximum Gasteiger partial charge on any atom is 0.0719 e. The van der Waals surface area contributed by atoms with Crippen LogP contribution in [0.5, 0.6) is 0 Å².